The number of hydrogen-bond acceptors (Lipinski definition) is 8. The van der Waals surface area contributed by atoms with E-state index >= 15 is 0 Å². The number of nitrogens with one attached hydrogen (secondary N) is 1. The predicted molar refractivity (Wildman–Crippen MR) is 267 cm³/mol. The summed E-state index contributed by atoms with van der Waals surface area (Å²) in [5.74, 6) is -0.183. The van der Waals surface area contributed by atoms with Gasteiger partial charge in [0.2, 0.25) is 5.91 Å². The van der Waals surface area contributed by atoms with Crippen LogP contribution in [-0.2, 0) is 14.3 Å². The van der Waals surface area contributed by atoms with Crippen molar-refractivity contribution in [1.82, 2.24) is 5.32 Å². The molecule has 9 heteroatoms. The topological polar surface area (TPSA) is 149 Å². The molecule has 0 aromatic heterocycles. The molecule has 376 valence electrons. The van der Waals surface area contributed by atoms with Gasteiger partial charge in [0.05, 0.1) is 25.4 Å². The third-order valence-electron chi connectivity index (χ3n) is 13.0. The van der Waals surface area contributed by atoms with Crippen LogP contribution < -0.4 is 5.32 Å². The van der Waals surface area contributed by atoms with E-state index in [0.29, 0.717) is 6.42 Å². The number of carbonyl (C=O) groups is 1. The lowest BCUT2D eigenvalue weighted by Gasteiger charge is -2.40. The molecule has 0 saturated carbocycles. The van der Waals surface area contributed by atoms with E-state index < -0.39 is 49.5 Å². The molecule has 7 unspecified atom stereocenters. The summed E-state index contributed by atoms with van der Waals surface area (Å²) in [5.41, 5.74) is 0. The number of ether oxygens (including phenoxy) is 2. The molecule has 64 heavy (non-hydrogen) atoms. The minimum absolute atomic E-state index is 0.183. The van der Waals surface area contributed by atoms with Crippen molar-refractivity contribution in [3.63, 3.8) is 0 Å². The molecule has 0 spiro atoms. The van der Waals surface area contributed by atoms with Gasteiger partial charge in [-0.1, -0.05) is 230 Å². The van der Waals surface area contributed by atoms with E-state index in [1.54, 1.807) is 6.08 Å². The summed E-state index contributed by atoms with van der Waals surface area (Å²) < 4.78 is 11.3. The van der Waals surface area contributed by atoms with Gasteiger partial charge in [-0.2, -0.15) is 0 Å². The molecule has 1 amide bonds. The van der Waals surface area contributed by atoms with Gasteiger partial charge >= 0.3 is 0 Å². The molecule has 1 heterocycles. The van der Waals surface area contributed by atoms with Crippen LogP contribution in [0.5, 0.6) is 0 Å². The summed E-state index contributed by atoms with van der Waals surface area (Å²) >= 11 is 0. The van der Waals surface area contributed by atoms with Crippen LogP contribution in [0.1, 0.15) is 251 Å². The third kappa shape index (κ3) is 34.7. The Bertz CT molecular complexity index is 1100. The molecule has 0 radical (unpaired) electrons. The number of carbonyl (C=O) groups excluding carboxylic acids is 1. The molecule has 1 saturated heterocycles. The van der Waals surface area contributed by atoms with E-state index in [-0.39, 0.29) is 12.5 Å². The van der Waals surface area contributed by atoms with Gasteiger partial charge in [-0.25, -0.2) is 0 Å². The lowest BCUT2D eigenvalue weighted by atomic mass is 9.99. The molecule has 0 aromatic rings. The van der Waals surface area contributed by atoms with Gasteiger partial charge < -0.3 is 40.3 Å². The van der Waals surface area contributed by atoms with Crippen molar-refractivity contribution >= 4 is 5.91 Å². The van der Waals surface area contributed by atoms with Gasteiger partial charge in [0.1, 0.15) is 24.4 Å². The number of rotatable bonds is 46. The lowest BCUT2D eigenvalue weighted by molar-refractivity contribution is -0.302. The highest BCUT2D eigenvalue weighted by molar-refractivity contribution is 5.76. The van der Waals surface area contributed by atoms with E-state index in [9.17, 15) is 30.3 Å². The van der Waals surface area contributed by atoms with Crippen molar-refractivity contribution in [3.05, 3.63) is 36.5 Å². The maximum atomic E-state index is 13.0. The molecule has 6 N–H and O–H groups in total. The fraction of sp³-hybridized carbons (Fsp3) is 0.873. The molecule has 0 bridgehead atoms. The molecule has 1 aliphatic heterocycles. The largest absolute Gasteiger partial charge is 0.394 e. The Balaban J connectivity index is 2.27. The predicted octanol–water partition coefficient (Wildman–Crippen LogP) is 12.8. The zero-order chi connectivity index (χ0) is 46.6. The summed E-state index contributed by atoms with van der Waals surface area (Å²) in [6, 6.07) is -0.809. The molecule has 0 aliphatic carbocycles. The summed E-state index contributed by atoms with van der Waals surface area (Å²) in [6.45, 7) is 3.78. The normalized spacial score (nSPS) is 20.3. The van der Waals surface area contributed by atoms with Crippen LogP contribution in [0.15, 0.2) is 36.5 Å². The second kappa shape index (κ2) is 45.2. The van der Waals surface area contributed by atoms with Gasteiger partial charge in [-0.15, -0.1) is 0 Å². The van der Waals surface area contributed by atoms with Gasteiger partial charge in [-0.3, -0.25) is 4.79 Å². The molecule has 9 nitrogen and oxygen atoms in total. The minimum Gasteiger partial charge on any atom is -0.394 e. The standard InChI is InChI=1S/C55H103NO8/c1-3-5-7-9-11-13-15-17-19-21-23-24-25-26-27-28-30-32-34-36-38-40-42-44-49(58)48(47-63-55-54(62)53(61)52(60)50(46-57)64-55)56-51(59)45-43-41-39-37-35-33-31-29-22-20-18-16-14-12-10-8-6-4-2/h14,16,20,22,42,44,48-50,52-55,57-58,60-62H,3-13,15,17-19,21,23-41,43,45-47H2,1-2H3,(H,56,59)/b16-14-,22-20-,44-42+. The van der Waals surface area contributed by atoms with Crippen molar-refractivity contribution < 1.29 is 39.8 Å². The third-order valence-corrected chi connectivity index (χ3v) is 13.0. The quantitative estimate of drug-likeness (QED) is 0.0261. The van der Waals surface area contributed by atoms with Crippen molar-refractivity contribution in [2.75, 3.05) is 13.2 Å². The molecule has 0 aromatic carbocycles. The highest BCUT2D eigenvalue weighted by atomic mass is 16.7. The highest BCUT2D eigenvalue weighted by Crippen LogP contribution is 2.23. The van der Waals surface area contributed by atoms with Gasteiger partial charge in [-0.05, 0) is 51.4 Å². The monoisotopic (exact) mass is 906 g/mol. The van der Waals surface area contributed by atoms with Crippen LogP contribution in [0.25, 0.3) is 0 Å². The summed E-state index contributed by atoms with van der Waals surface area (Å²) in [6.07, 6.45) is 50.5. The molecule has 1 aliphatic rings. The van der Waals surface area contributed by atoms with E-state index in [4.69, 9.17) is 9.47 Å². The first-order valence-corrected chi connectivity index (χ1v) is 27.2. The van der Waals surface area contributed by atoms with E-state index in [0.717, 1.165) is 57.8 Å². The Morgan fingerprint density at radius 3 is 1.36 bits per heavy atom. The molecule has 1 fully saturated rings. The Labute approximate surface area is 393 Å². The summed E-state index contributed by atoms with van der Waals surface area (Å²) in [7, 11) is 0. The zero-order valence-corrected chi connectivity index (χ0v) is 41.5. The number of aliphatic hydroxyl groups is 5. The smallest absolute Gasteiger partial charge is 0.220 e. The Morgan fingerprint density at radius 2 is 0.922 bits per heavy atom. The van der Waals surface area contributed by atoms with Crippen molar-refractivity contribution in [2.45, 2.75) is 294 Å². The van der Waals surface area contributed by atoms with Crippen LogP contribution in [-0.4, -0.2) is 87.5 Å². The van der Waals surface area contributed by atoms with Gasteiger partial charge in [0.25, 0.3) is 0 Å². The lowest BCUT2D eigenvalue weighted by Crippen LogP contribution is -2.60. The Morgan fingerprint density at radius 1 is 0.531 bits per heavy atom. The first-order valence-electron chi connectivity index (χ1n) is 27.2. The van der Waals surface area contributed by atoms with E-state index in [1.807, 2.05) is 6.08 Å². The summed E-state index contributed by atoms with van der Waals surface area (Å²) in [4.78, 5) is 13.0. The van der Waals surface area contributed by atoms with Crippen LogP contribution in [0.3, 0.4) is 0 Å². The number of unbranched alkanes of at least 4 members (excludes halogenated alkanes) is 32. The van der Waals surface area contributed by atoms with Crippen LogP contribution in [0, 0.1) is 0 Å². The Kier molecular flexibility index (Phi) is 42.7. The number of aliphatic hydroxyl groups excluding tert-OH is 5. The second-order valence-electron chi connectivity index (χ2n) is 19.0. The minimum atomic E-state index is -1.57. The maximum Gasteiger partial charge on any atom is 0.220 e. The number of hydrogen-bond donors (Lipinski definition) is 6. The van der Waals surface area contributed by atoms with Crippen molar-refractivity contribution in [3.8, 4) is 0 Å². The molecule has 1 rings (SSSR count). The average Bonchev–Trinajstić information content (AvgIpc) is 3.29. The zero-order valence-electron chi connectivity index (χ0n) is 41.5. The highest BCUT2D eigenvalue weighted by Gasteiger charge is 2.44. The van der Waals surface area contributed by atoms with Crippen molar-refractivity contribution in [2.24, 2.45) is 0 Å². The Hall–Kier alpha value is -1.59. The van der Waals surface area contributed by atoms with Crippen LogP contribution in [0.4, 0.5) is 0 Å². The van der Waals surface area contributed by atoms with Crippen LogP contribution in [0.2, 0.25) is 0 Å². The number of allylic oxidation sites excluding steroid dienone is 5. The maximum absolute atomic E-state index is 13.0. The fourth-order valence-corrected chi connectivity index (χ4v) is 8.60. The molecular formula is C55H103NO8. The summed E-state index contributed by atoms with van der Waals surface area (Å²) in [5, 5.41) is 54.4. The first-order chi connectivity index (χ1) is 31.3. The van der Waals surface area contributed by atoms with Crippen molar-refractivity contribution in [1.29, 1.82) is 0 Å². The van der Waals surface area contributed by atoms with Gasteiger partial charge in [0, 0.05) is 6.42 Å². The number of amides is 1. The SMILES string of the molecule is CCCCCC/C=C\C/C=C\CCCCCCCCCC(=O)NC(COC1OC(CO)C(O)C(O)C1O)C(O)/C=C/CCCCCCCCCCCCCCCCCCCCCCC. The molecular weight excluding hydrogens is 803 g/mol. The van der Waals surface area contributed by atoms with Gasteiger partial charge in [0.15, 0.2) is 6.29 Å². The molecule has 7 atom stereocenters. The van der Waals surface area contributed by atoms with Crippen LogP contribution >= 0.6 is 0 Å². The average molecular weight is 906 g/mol. The fourth-order valence-electron chi connectivity index (χ4n) is 8.60. The van der Waals surface area contributed by atoms with E-state index in [2.05, 4.69) is 43.5 Å². The second-order valence-corrected chi connectivity index (χ2v) is 19.0. The van der Waals surface area contributed by atoms with E-state index in [1.165, 1.54) is 173 Å². The first kappa shape index (κ1) is 60.4.